The minimum Gasteiger partial charge on any atom is -0.427 e. The van der Waals surface area contributed by atoms with Crippen LogP contribution in [0.3, 0.4) is 0 Å². The van der Waals surface area contributed by atoms with Crippen LogP contribution in [0.1, 0.15) is 0 Å². The molecule has 0 rings (SSSR count). The molecule has 0 aliphatic heterocycles. The Labute approximate surface area is 61.8 Å². The molecule has 0 unspecified atom stereocenters. The van der Waals surface area contributed by atoms with Gasteiger partial charge in [-0.3, -0.25) is 0 Å². The van der Waals surface area contributed by atoms with Crippen molar-refractivity contribution in [2.45, 2.75) is 6.32 Å². The molecular formula is C2H6BBrClNO2. The molecule has 0 fully saturated rings. The van der Waals surface area contributed by atoms with Crippen molar-refractivity contribution in [3.63, 3.8) is 0 Å². The van der Waals surface area contributed by atoms with Gasteiger partial charge in [0.15, 0.2) is 0 Å². The lowest BCUT2D eigenvalue weighted by Gasteiger charge is -2.00. The van der Waals surface area contributed by atoms with Gasteiger partial charge in [-0.15, -0.1) is 0 Å². The van der Waals surface area contributed by atoms with Crippen molar-refractivity contribution in [1.29, 1.82) is 0 Å². The number of hydrogen-bond donors (Lipinski definition) is 2. The van der Waals surface area contributed by atoms with Gasteiger partial charge in [-0.05, 0) is 18.1 Å². The van der Waals surface area contributed by atoms with Crippen molar-refractivity contribution in [3.8, 4) is 0 Å². The molecular weight excluding hydrogens is 196 g/mol. The van der Waals surface area contributed by atoms with E-state index in [1.165, 1.54) is 3.45 Å². The van der Waals surface area contributed by atoms with Gasteiger partial charge in [-0.25, -0.2) is 0 Å². The van der Waals surface area contributed by atoms with Gasteiger partial charge in [0.1, 0.15) is 0 Å². The van der Waals surface area contributed by atoms with Gasteiger partial charge in [-0.2, -0.15) is 3.45 Å². The highest BCUT2D eigenvalue weighted by atomic mass is 79.9. The molecule has 0 radical (unpaired) electrons. The van der Waals surface area contributed by atoms with Crippen molar-refractivity contribution in [2.75, 3.05) is 6.54 Å². The van der Waals surface area contributed by atoms with Crippen LogP contribution in [0.15, 0.2) is 0 Å². The molecule has 0 aromatic heterocycles. The summed E-state index contributed by atoms with van der Waals surface area (Å²) >= 11 is 8.13. The number of rotatable bonds is 3. The molecule has 0 aromatic carbocycles. The van der Waals surface area contributed by atoms with E-state index in [-0.39, 0.29) is 6.32 Å². The lowest BCUT2D eigenvalue weighted by molar-refractivity contribution is 0.402. The minimum atomic E-state index is -1.27. The second-order valence-electron chi connectivity index (χ2n) is 1.30. The Morgan fingerprint density at radius 1 is 1.62 bits per heavy atom. The summed E-state index contributed by atoms with van der Waals surface area (Å²) in [4.78, 5) is 0. The van der Waals surface area contributed by atoms with Gasteiger partial charge in [0, 0.05) is 22.7 Å². The van der Waals surface area contributed by atoms with Gasteiger partial charge in [0.2, 0.25) is 0 Å². The Balaban J connectivity index is 2.93. The number of halogens is 2. The fraction of sp³-hybridized carbons (Fsp3) is 1.00. The van der Waals surface area contributed by atoms with E-state index < -0.39 is 7.12 Å². The Morgan fingerprint density at radius 2 is 2.12 bits per heavy atom. The summed E-state index contributed by atoms with van der Waals surface area (Å²) in [6, 6.07) is 0. The molecule has 0 saturated heterocycles. The SMILES string of the molecule is OB(O)CCN(Cl)Br. The highest BCUT2D eigenvalue weighted by molar-refractivity contribution is 9.08. The summed E-state index contributed by atoms with van der Waals surface area (Å²) < 4.78 is 1.19. The standard InChI is InChI=1S/C2H6BBrClNO2/c4-6(5)2-1-3(7)8/h7-8H,1-2H2. The maximum absolute atomic E-state index is 8.25. The number of nitrogens with zero attached hydrogens (tertiary/aromatic N) is 1. The van der Waals surface area contributed by atoms with Crippen LogP contribution in [0.5, 0.6) is 0 Å². The fourth-order valence-corrected chi connectivity index (χ4v) is 0.515. The average Bonchev–Trinajstić information content (AvgIpc) is 1.61. The predicted molar refractivity (Wildman–Crippen MR) is 36.5 cm³/mol. The molecule has 0 atom stereocenters. The second-order valence-corrected chi connectivity index (χ2v) is 2.97. The molecule has 0 aliphatic carbocycles. The van der Waals surface area contributed by atoms with Gasteiger partial charge < -0.3 is 10.0 Å². The second kappa shape index (κ2) is 4.58. The van der Waals surface area contributed by atoms with E-state index in [4.69, 9.17) is 21.8 Å². The first-order valence-corrected chi connectivity index (χ1v) is 3.13. The monoisotopic (exact) mass is 201 g/mol. The summed E-state index contributed by atoms with van der Waals surface area (Å²) in [7, 11) is -1.27. The van der Waals surface area contributed by atoms with Gasteiger partial charge in [0.05, 0.1) is 0 Å². The first-order valence-electron chi connectivity index (χ1n) is 2.08. The van der Waals surface area contributed by atoms with Crippen molar-refractivity contribution in [2.24, 2.45) is 0 Å². The third-order valence-corrected chi connectivity index (χ3v) is 1.08. The molecule has 2 N–H and O–H groups in total. The molecule has 0 aromatic rings. The Morgan fingerprint density at radius 3 is 2.25 bits per heavy atom. The zero-order valence-electron chi connectivity index (χ0n) is 4.09. The molecule has 0 spiro atoms. The van der Waals surface area contributed by atoms with Crippen LogP contribution in [0, 0.1) is 0 Å². The topological polar surface area (TPSA) is 43.7 Å². The molecule has 0 heterocycles. The Kier molecular flexibility index (Phi) is 4.99. The first kappa shape index (κ1) is 8.71. The third kappa shape index (κ3) is 6.71. The van der Waals surface area contributed by atoms with E-state index in [0.717, 1.165) is 0 Å². The molecule has 0 saturated carbocycles. The van der Waals surface area contributed by atoms with Crippen LogP contribution >= 0.6 is 27.9 Å². The van der Waals surface area contributed by atoms with E-state index in [2.05, 4.69) is 16.1 Å². The third-order valence-electron chi connectivity index (χ3n) is 0.556. The normalized spacial score (nSPS) is 10.1. The van der Waals surface area contributed by atoms with Gasteiger partial charge in [0.25, 0.3) is 0 Å². The van der Waals surface area contributed by atoms with E-state index >= 15 is 0 Å². The van der Waals surface area contributed by atoms with Gasteiger partial charge in [-0.1, -0.05) is 0 Å². The highest BCUT2D eigenvalue weighted by Gasteiger charge is 2.06. The van der Waals surface area contributed by atoms with E-state index in [0.29, 0.717) is 6.54 Å². The maximum atomic E-state index is 8.25. The maximum Gasteiger partial charge on any atom is 0.452 e. The van der Waals surface area contributed by atoms with Crippen molar-refractivity contribution in [3.05, 3.63) is 0 Å². The molecule has 6 heteroatoms. The lowest BCUT2D eigenvalue weighted by atomic mass is 9.87. The van der Waals surface area contributed by atoms with Crippen LogP contribution in [0.2, 0.25) is 6.32 Å². The van der Waals surface area contributed by atoms with Crippen LogP contribution in [-0.2, 0) is 0 Å². The molecule has 3 nitrogen and oxygen atoms in total. The van der Waals surface area contributed by atoms with Crippen molar-refractivity contribution < 1.29 is 10.0 Å². The quantitative estimate of drug-likeness (QED) is 0.508. The molecule has 8 heavy (non-hydrogen) atoms. The zero-order valence-corrected chi connectivity index (χ0v) is 6.43. The van der Waals surface area contributed by atoms with Crippen molar-refractivity contribution in [1.82, 2.24) is 3.45 Å². The summed E-state index contributed by atoms with van der Waals surface area (Å²) in [6.07, 6.45) is 0.245. The molecule has 0 aliphatic rings. The lowest BCUT2D eigenvalue weighted by Crippen LogP contribution is -2.15. The summed E-state index contributed by atoms with van der Waals surface area (Å²) in [5.41, 5.74) is 0. The summed E-state index contributed by atoms with van der Waals surface area (Å²) in [6.45, 7) is 0.402. The molecule has 48 valence electrons. The van der Waals surface area contributed by atoms with E-state index in [9.17, 15) is 0 Å². The van der Waals surface area contributed by atoms with Crippen LogP contribution in [0.25, 0.3) is 0 Å². The largest absolute Gasteiger partial charge is 0.452 e. The van der Waals surface area contributed by atoms with Gasteiger partial charge >= 0.3 is 7.12 Å². The van der Waals surface area contributed by atoms with Crippen LogP contribution in [-0.4, -0.2) is 27.2 Å². The average molecular weight is 202 g/mol. The summed E-state index contributed by atoms with van der Waals surface area (Å²) in [5, 5.41) is 16.5. The zero-order chi connectivity index (χ0) is 6.57. The Hall–Kier alpha value is 0.715. The summed E-state index contributed by atoms with van der Waals surface area (Å²) in [5.74, 6) is 0. The molecule has 0 amide bonds. The predicted octanol–water partition coefficient (Wildman–Crippen LogP) is 0.225. The van der Waals surface area contributed by atoms with E-state index in [1.54, 1.807) is 0 Å². The minimum absolute atomic E-state index is 0.245. The first-order chi connectivity index (χ1) is 3.63. The fourth-order valence-electron chi connectivity index (χ4n) is 0.213. The Bertz CT molecular complexity index is 56.0. The van der Waals surface area contributed by atoms with Crippen LogP contribution < -0.4 is 0 Å². The van der Waals surface area contributed by atoms with E-state index in [1.807, 2.05) is 0 Å². The highest BCUT2D eigenvalue weighted by Crippen LogP contribution is 2.02. The molecule has 0 bridgehead atoms. The van der Waals surface area contributed by atoms with Crippen molar-refractivity contribution >= 4 is 35.0 Å². The van der Waals surface area contributed by atoms with Crippen LogP contribution in [0.4, 0.5) is 0 Å². The number of hydrogen-bond acceptors (Lipinski definition) is 3. The smallest absolute Gasteiger partial charge is 0.427 e.